The van der Waals surface area contributed by atoms with Crippen molar-refractivity contribution in [3.63, 3.8) is 0 Å². The molecule has 6 nitrogen and oxygen atoms in total. The van der Waals surface area contributed by atoms with Gasteiger partial charge in [0, 0.05) is 25.4 Å². The lowest BCUT2D eigenvalue weighted by Crippen LogP contribution is -2.12. The monoisotopic (exact) mass is 317 g/mol. The minimum atomic E-state index is -3.93. The summed E-state index contributed by atoms with van der Waals surface area (Å²) in [4.78, 5) is -0.106. The fourth-order valence-corrected chi connectivity index (χ4v) is 2.61. The van der Waals surface area contributed by atoms with Crippen LogP contribution >= 0.6 is 0 Å². The first-order chi connectivity index (χ1) is 9.92. The average molecular weight is 317 g/mol. The average Bonchev–Trinajstić information content (AvgIpc) is 2.90. The highest BCUT2D eigenvalue weighted by molar-refractivity contribution is 7.92. The van der Waals surface area contributed by atoms with Gasteiger partial charge in [-0.1, -0.05) is 0 Å². The summed E-state index contributed by atoms with van der Waals surface area (Å²) in [5.74, 6) is -2.20. The minimum Gasteiger partial charge on any atom is -0.396 e. The zero-order valence-electron chi connectivity index (χ0n) is 10.8. The predicted octanol–water partition coefficient (Wildman–Crippen LogP) is 1.34. The van der Waals surface area contributed by atoms with E-state index in [0.717, 1.165) is 24.4 Å². The fourth-order valence-electron chi connectivity index (χ4n) is 1.61. The summed E-state index contributed by atoms with van der Waals surface area (Å²) in [7, 11) is -3.93. The number of hydrogen-bond donors (Lipinski definition) is 2. The maximum absolute atomic E-state index is 13.1. The van der Waals surface area contributed by atoms with Crippen molar-refractivity contribution < 1.29 is 22.3 Å². The molecule has 0 atom stereocenters. The number of hydrogen-bond acceptors (Lipinski definition) is 4. The summed E-state index contributed by atoms with van der Waals surface area (Å²) in [6.07, 6.45) is 2.87. The van der Waals surface area contributed by atoms with Crippen molar-refractivity contribution in [1.82, 2.24) is 9.78 Å². The molecule has 9 heteroatoms. The third kappa shape index (κ3) is 3.76. The molecule has 2 aromatic rings. The Balaban J connectivity index is 2.17. The third-order valence-corrected chi connectivity index (χ3v) is 3.97. The Morgan fingerprint density at radius 3 is 2.71 bits per heavy atom. The molecule has 2 rings (SSSR count). The highest BCUT2D eigenvalue weighted by atomic mass is 32.2. The smallest absolute Gasteiger partial charge is 0.265 e. The summed E-state index contributed by atoms with van der Waals surface area (Å²) in [6.45, 7) is 0.340. The number of benzene rings is 1. The molecule has 0 unspecified atom stereocenters. The van der Waals surface area contributed by atoms with Crippen LogP contribution in [0.3, 0.4) is 0 Å². The SMILES string of the molecule is O=S(=O)(Nc1ccc(F)c(F)c1)c1cnn(CCCO)c1. The molecule has 0 amide bonds. The molecule has 1 aromatic heterocycles. The molecule has 1 heterocycles. The van der Waals surface area contributed by atoms with Gasteiger partial charge in [0.05, 0.1) is 11.9 Å². The zero-order chi connectivity index (χ0) is 15.5. The highest BCUT2D eigenvalue weighted by Gasteiger charge is 2.17. The van der Waals surface area contributed by atoms with Crippen LogP contribution in [0.5, 0.6) is 0 Å². The number of aryl methyl sites for hydroxylation is 1. The lowest BCUT2D eigenvalue weighted by Gasteiger charge is -2.06. The van der Waals surface area contributed by atoms with Crippen LogP contribution in [0.25, 0.3) is 0 Å². The van der Waals surface area contributed by atoms with Gasteiger partial charge >= 0.3 is 0 Å². The van der Waals surface area contributed by atoms with Crippen LogP contribution in [-0.2, 0) is 16.6 Å². The first kappa shape index (κ1) is 15.4. The fraction of sp³-hybridized carbons (Fsp3) is 0.250. The van der Waals surface area contributed by atoms with E-state index in [-0.39, 0.29) is 17.2 Å². The molecule has 0 aliphatic heterocycles. The van der Waals surface area contributed by atoms with Gasteiger partial charge in [-0.3, -0.25) is 9.40 Å². The predicted molar refractivity (Wildman–Crippen MR) is 71.1 cm³/mol. The van der Waals surface area contributed by atoms with E-state index in [1.807, 2.05) is 0 Å². The number of aliphatic hydroxyl groups excluding tert-OH is 1. The highest BCUT2D eigenvalue weighted by Crippen LogP contribution is 2.18. The van der Waals surface area contributed by atoms with Gasteiger partial charge in [0.2, 0.25) is 0 Å². The van der Waals surface area contributed by atoms with E-state index in [1.165, 1.54) is 10.9 Å². The van der Waals surface area contributed by atoms with E-state index >= 15 is 0 Å². The Hall–Kier alpha value is -2.00. The Kier molecular flexibility index (Phi) is 4.53. The van der Waals surface area contributed by atoms with Crippen LogP contribution in [0.1, 0.15) is 6.42 Å². The third-order valence-electron chi connectivity index (χ3n) is 2.64. The van der Waals surface area contributed by atoms with Crippen molar-refractivity contribution in [3.05, 3.63) is 42.2 Å². The lowest BCUT2D eigenvalue weighted by atomic mass is 10.3. The van der Waals surface area contributed by atoms with Gasteiger partial charge in [0.15, 0.2) is 11.6 Å². The van der Waals surface area contributed by atoms with E-state index in [1.54, 1.807) is 0 Å². The molecule has 0 radical (unpaired) electrons. The summed E-state index contributed by atoms with van der Waals surface area (Å²) in [6, 6.07) is 2.70. The number of rotatable bonds is 6. The molecular weight excluding hydrogens is 304 g/mol. The van der Waals surface area contributed by atoms with Crippen molar-refractivity contribution in [2.75, 3.05) is 11.3 Å². The number of sulfonamides is 1. The van der Waals surface area contributed by atoms with Crippen LogP contribution in [0.2, 0.25) is 0 Å². The lowest BCUT2D eigenvalue weighted by molar-refractivity contribution is 0.277. The Labute approximate surface area is 120 Å². The zero-order valence-corrected chi connectivity index (χ0v) is 11.6. The number of halogens is 2. The topological polar surface area (TPSA) is 84.2 Å². The van der Waals surface area contributed by atoms with Crippen molar-refractivity contribution >= 4 is 15.7 Å². The largest absolute Gasteiger partial charge is 0.396 e. The molecule has 0 fully saturated rings. The van der Waals surface area contributed by atoms with E-state index in [2.05, 4.69) is 9.82 Å². The Morgan fingerprint density at radius 1 is 1.29 bits per heavy atom. The van der Waals surface area contributed by atoms with Crippen LogP contribution < -0.4 is 4.72 Å². The summed E-state index contributed by atoms with van der Waals surface area (Å²) in [5, 5.41) is 12.5. The quantitative estimate of drug-likeness (QED) is 0.842. The number of anilines is 1. The van der Waals surface area contributed by atoms with Gasteiger partial charge in [0.1, 0.15) is 4.90 Å². The standard InChI is InChI=1S/C12H13F2N3O3S/c13-11-3-2-9(6-12(11)14)16-21(19,20)10-7-15-17(8-10)4-1-5-18/h2-3,6-8,16,18H,1,4-5H2. The molecular formula is C12H13F2N3O3S. The Bertz CT molecular complexity index is 731. The van der Waals surface area contributed by atoms with Gasteiger partial charge in [-0.2, -0.15) is 5.10 Å². The molecule has 1 aromatic carbocycles. The molecule has 0 spiro atoms. The van der Waals surface area contributed by atoms with Crippen molar-refractivity contribution in [2.45, 2.75) is 17.9 Å². The normalized spacial score (nSPS) is 11.6. The van der Waals surface area contributed by atoms with E-state index in [0.29, 0.717) is 13.0 Å². The Morgan fingerprint density at radius 2 is 2.05 bits per heavy atom. The van der Waals surface area contributed by atoms with Crippen LogP contribution in [0.15, 0.2) is 35.5 Å². The molecule has 0 aliphatic carbocycles. The number of aromatic nitrogens is 2. The first-order valence-electron chi connectivity index (χ1n) is 6.03. The van der Waals surface area contributed by atoms with E-state index in [4.69, 9.17) is 5.11 Å². The maximum atomic E-state index is 13.1. The van der Waals surface area contributed by atoms with Crippen LogP contribution in [0.4, 0.5) is 14.5 Å². The van der Waals surface area contributed by atoms with Gasteiger partial charge in [-0.15, -0.1) is 0 Å². The van der Waals surface area contributed by atoms with Crippen molar-refractivity contribution in [3.8, 4) is 0 Å². The van der Waals surface area contributed by atoms with E-state index < -0.39 is 21.7 Å². The second-order valence-electron chi connectivity index (χ2n) is 4.25. The molecule has 0 saturated carbocycles. The number of nitrogens with zero attached hydrogens (tertiary/aromatic N) is 2. The molecule has 0 saturated heterocycles. The second-order valence-corrected chi connectivity index (χ2v) is 5.93. The summed E-state index contributed by atoms with van der Waals surface area (Å²) >= 11 is 0. The van der Waals surface area contributed by atoms with Crippen LogP contribution in [0, 0.1) is 11.6 Å². The minimum absolute atomic E-state index is 0.0327. The molecule has 2 N–H and O–H groups in total. The van der Waals surface area contributed by atoms with Gasteiger partial charge in [-0.05, 0) is 18.6 Å². The summed E-state index contributed by atoms with van der Waals surface area (Å²) in [5.41, 5.74) is -0.0861. The molecule has 21 heavy (non-hydrogen) atoms. The number of aliphatic hydroxyl groups is 1. The number of nitrogens with one attached hydrogen (secondary N) is 1. The van der Waals surface area contributed by atoms with E-state index in [9.17, 15) is 17.2 Å². The first-order valence-corrected chi connectivity index (χ1v) is 7.52. The van der Waals surface area contributed by atoms with Crippen molar-refractivity contribution in [2.24, 2.45) is 0 Å². The molecule has 0 aliphatic rings. The van der Waals surface area contributed by atoms with Gasteiger partial charge in [0.25, 0.3) is 10.0 Å². The van der Waals surface area contributed by atoms with Crippen LogP contribution in [-0.4, -0.2) is 29.9 Å². The molecule has 114 valence electrons. The van der Waals surface area contributed by atoms with Gasteiger partial charge in [-0.25, -0.2) is 17.2 Å². The summed E-state index contributed by atoms with van der Waals surface area (Å²) < 4.78 is 53.5. The second kappa shape index (κ2) is 6.19. The van der Waals surface area contributed by atoms with Crippen molar-refractivity contribution in [1.29, 1.82) is 0 Å². The maximum Gasteiger partial charge on any atom is 0.265 e. The van der Waals surface area contributed by atoms with Gasteiger partial charge < -0.3 is 5.11 Å². The molecule has 0 bridgehead atoms.